The molecule has 5 nitrogen and oxygen atoms in total. The lowest BCUT2D eigenvalue weighted by Crippen LogP contribution is -2.29. The maximum absolute atomic E-state index is 8.79. The Bertz CT molecular complexity index is 480. The van der Waals surface area contributed by atoms with E-state index in [4.69, 9.17) is 15.7 Å². The van der Waals surface area contributed by atoms with Gasteiger partial charge >= 0.3 is 0 Å². The number of hydrogen-bond donors (Lipinski definition) is 2. The Kier molecular flexibility index (Phi) is 7.39. The van der Waals surface area contributed by atoms with Gasteiger partial charge in [0, 0.05) is 23.7 Å². The summed E-state index contributed by atoms with van der Waals surface area (Å²) < 4.78 is 5.40. The highest BCUT2D eigenvalue weighted by Gasteiger charge is 2.13. The average Bonchev–Trinajstić information content (AvgIpc) is 2.51. The number of nitrogens with two attached hydrogens (primary N) is 1. The molecule has 0 bridgehead atoms. The largest absolute Gasteiger partial charge is 0.496 e. The Hall–Kier alpha value is -1.40. The number of amidine groups is 1. The molecular weight excluding hydrogens is 286 g/mol. The molecule has 1 rings (SSSR count). The van der Waals surface area contributed by atoms with E-state index >= 15 is 0 Å². The normalized spacial score (nSPS) is 13.5. The van der Waals surface area contributed by atoms with Crippen molar-refractivity contribution in [3.05, 3.63) is 29.3 Å². The van der Waals surface area contributed by atoms with Gasteiger partial charge in [-0.1, -0.05) is 5.16 Å². The maximum atomic E-state index is 8.79. The molecule has 1 aromatic carbocycles. The van der Waals surface area contributed by atoms with Gasteiger partial charge in [-0.25, -0.2) is 0 Å². The monoisotopic (exact) mass is 311 g/mol. The van der Waals surface area contributed by atoms with Crippen molar-refractivity contribution >= 4 is 17.6 Å². The summed E-state index contributed by atoms with van der Waals surface area (Å²) in [6.07, 6.45) is 3.26. The molecule has 0 amide bonds. The third-order valence-corrected chi connectivity index (χ3v) is 4.24. The van der Waals surface area contributed by atoms with Crippen molar-refractivity contribution in [2.24, 2.45) is 10.9 Å². The van der Waals surface area contributed by atoms with Gasteiger partial charge < -0.3 is 15.7 Å². The van der Waals surface area contributed by atoms with Gasteiger partial charge in [-0.05, 0) is 50.6 Å². The zero-order valence-corrected chi connectivity index (χ0v) is 14.0. The standard InChI is InChI=1S/C15H25N3O2S/c1-11(7-8-21-4)18(2)10-13-9-12(15(16)17-19)5-6-14(13)20-3/h5-6,9,11,19H,7-8,10H2,1-4H3,(H2,16,17). The Labute approximate surface area is 131 Å². The van der Waals surface area contributed by atoms with Crippen LogP contribution in [-0.2, 0) is 6.54 Å². The number of nitrogens with zero attached hydrogens (tertiary/aromatic N) is 2. The summed E-state index contributed by atoms with van der Waals surface area (Å²) in [6.45, 7) is 2.97. The van der Waals surface area contributed by atoms with Crippen molar-refractivity contribution in [1.29, 1.82) is 0 Å². The highest BCUT2D eigenvalue weighted by atomic mass is 32.2. The molecule has 21 heavy (non-hydrogen) atoms. The first-order valence-corrected chi connectivity index (χ1v) is 8.26. The second-order valence-corrected chi connectivity index (χ2v) is 6.04. The molecule has 118 valence electrons. The fourth-order valence-corrected chi connectivity index (χ4v) is 2.63. The lowest BCUT2D eigenvalue weighted by Gasteiger charge is -2.25. The van der Waals surface area contributed by atoms with Crippen LogP contribution in [0.1, 0.15) is 24.5 Å². The third kappa shape index (κ3) is 5.13. The van der Waals surface area contributed by atoms with Gasteiger partial charge in [0.2, 0.25) is 0 Å². The summed E-state index contributed by atoms with van der Waals surface area (Å²) in [5, 5.41) is 11.8. The lowest BCUT2D eigenvalue weighted by molar-refractivity contribution is 0.241. The molecule has 0 saturated carbocycles. The van der Waals surface area contributed by atoms with Crippen LogP contribution >= 0.6 is 11.8 Å². The molecule has 0 spiro atoms. The molecule has 0 fully saturated rings. The number of hydrogen-bond acceptors (Lipinski definition) is 5. The molecule has 3 N–H and O–H groups in total. The minimum Gasteiger partial charge on any atom is -0.496 e. The van der Waals surface area contributed by atoms with Crippen LogP contribution in [0.15, 0.2) is 23.4 Å². The van der Waals surface area contributed by atoms with Gasteiger partial charge in [0.25, 0.3) is 0 Å². The Morgan fingerprint density at radius 3 is 2.81 bits per heavy atom. The summed E-state index contributed by atoms with van der Waals surface area (Å²) in [5.41, 5.74) is 7.37. The van der Waals surface area contributed by atoms with Crippen LogP contribution in [0.3, 0.4) is 0 Å². The third-order valence-electron chi connectivity index (χ3n) is 3.60. The van der Waals surface area contributed by atoms with Crippen LogP contribution in [0.25, 0.3) is 0 Å². The van der Waals surface area contributed by atoms with E-state index < -0.39 is 0 Å². The predicted molar refractivity (Wildman–Crippen MR) is 89.4 cm³/mol. The summed E-state index contributed by atoms with van der Waals surface area (Å²) in [7, 11) is 3.75. The number of thioether (sulfide) groups is 1. The van der Waals surface area contributed by atoms with Crippen molar-refractivity contribution in [2.75, 3.05) is 26.2 Å². The first-order valence-electron chi connectivity index (χ1n) is 6.87. The molecule has 6 heteroatoms. The highest BCUT2D eigenvalue weighted by molar-refractivity contribution is 7.98. The molecule has 0 saturated heterocycles. The zero-order chi connectivity index (χ0) is 15.8. The highest BCUT2D eigenvalue weighted by Crippen LogP contribution is 2.22. The zero-order valence-electron chi connectivity index (χ0n) is 13.2. The molecule has 0 aromatic heterocycles. The number of ether oxygens (including phenoxy) is 1. The van der Waals surface area contributed by atoms with Crippen molar-refractivity contribution in [1.82, 2.24) is 4.90 Å². The van der Waals surface area contributed by atoms with E-state index in [-0.39, 0.29) is 5.84 Å². The Morgan fingerprint density at radius 1 is 1.52 bits per heavy atom. The first kappa shape index (κ1) is 17.7. The Balaban J connectivity index is 2.89. The maximum Gasteiger partial charge on any atom is 0.170 e. The molecule has 0 aliphatic rings. The van der Waals surface area contributed by atoms with Gasteiger partial charge in [0.05, 0.1) is 7.11 Å². The van der Waals surface area contributed by atoms with Crippen LogP contribution in [0, 0.1) is 0 Å². The van der Waals surface area contributed by atoms with Crippen molar-refractivity contribution in [3.63, 3.8) is 0 Å². The van der Waals surface area contributed by atoms with Crippen molar-refractivity contribution in [2.45, 2.75) is 25.9 Å². The van der Waals surface area contributed by atoms with E-state index in [1.54, 1.807) is 13.2 Å². The van der Waals surface area contributed by atoms with E-state index in [1.807, 2.05) is 23.9 Å². The topological polar surface area (TPSA) is 71.1 Å². The minimum absolute atomic E-state index is 0.108. The SMILES string of the molecule is COc1ccc(/C(N)=N/O)cc1CN(C)C(C)CCSC. The molecule has 1 atom stereocenters. The second-order valence-electron chi connectivity index (χ2n) is 5.06. The number of benzene rings is 1. The first-order chi connectivity index (χ1) is 10.0. The summed E-state index contributed by atoms with van der Waals surface area (Å²) in [4.78, 5) is 2.28. The molecule has 0 heterocycles. The fraction of sp³-hybridized carbons (Fsp3) is 0.533. The smallest absolute Gasteiger partial charge is 0.170 e. The van der Waals surface area contributed by atoms with Crippen molar-refractivity contribution in [3.8, 4) is 5.75 Å². The second kappa shape index (κ2) is 8.79. The van der Waals surface area contributed by atoms with E-state index in [9.17, 15) is 0 Å². The molecule has 0 aliphatic carbocycles. The van der Waals surface area contributed by atoms with E-state index in [1.165, 1.54) is 0 Å². The minimum atomic E-state index is 0.108. The van der Waals surface area contributed by atoms with Gasteiger partial charge in [0.1, 0.15) is 5.75 Å². The number of oxime groups is 1. The molecular formula is C15H25N3O2S. The van der Waals surface area contributed by atoms with E-state index in [0.717, 1.165) is 30.0 Å². The molecule has 1 aromatic rings. The van der Waals surface area contributed by atoms with E-state index in [2.05, 4.69) is 30.3 Å². The fourth-order valence-electron chi connectivity index (χ4n) is 2.05. The lowest BCUT2D eigenvalue weighted by atomic mass is 10.1. The summed E-state index contributed by atoms with van der Waals surface area (Å²) in [6, 6.07) is 6.03. The van der Waals surface area contributed by atoms with Crippen LogP contribution < -0.4 is 10.5 Å². The van der Waals surface area contributed by atoms with Crippen LogP contribution in [0.4, 0.5) is 0 Å². The molecule has 1 unspecified atom stereocenters. The summed E-state index contributed by atoms with van der Waals surface area (Å²) in [5.74, 6) is 2.07. The van der Waals surface area contributed by atoms with Crippen LogP contribution in [0.5, 0.6) is 5.75 Å². The Morgan fingerprint density at radius 2 is 2.24 bits per heavy atom. The van der Waals surface area contributed by atoms with E-state index in [0.29, 0.717) is 11.6 Å². The number of methoxy groups -OCH3 is 1. The van der Waals surface area contributed by atoms with Crippen LogP contribution in [0.2, 0.25) is 0 Å². The average molecular weight is 311 g/mol. The van der Waals surface area contributed by atoms with Gasteiger partial charge in [0.15, 0.2) is 5.84 Å². The quantitative estimate of drug-likeness (QED) is 0.334. The van der Waals surface area contributed by atoms with Gasteiger partial charge in [-0.2, -0.15) is 11.8 Å². The summed E-state index contributed by atoms with van der Waals surface area (Å²) >= 11 is 1.86. The van der Waals surface area contributed by atoms with Crippen LogP contribution in [-0.4, -0.2) is 48.2 Å². The van der Waals surface area contributed by atoms with Crippen molar-refractivity contribution < 1.29 is 9.94 Å². The number of rotatable bonds is 8. The predicted octanol–water partition coefficient (Wildman–Crippen LogP) is 2.36. The molecule has 0 aliphatic heterocycles. The van der Waals surface area contributed by atoms with Gasteiger partial charge in [-0.3, -0.25) is 4.90 Å². The molecule has 0 radical (unpaired) electrons. The van der Waals surface area contributed by atoms with Gasteiger partial charge in [-0.15, -0.1) is 0 Å².